The van der Waals surface area contributed by atoms with E-state index in [0.29, 0.717) is 0 Å². The van der Waals surface area contributed by atoms with Crippen LogP contribution < -0.4 is 4.74 Å². The van der Waals surface area contributed by atoms with Gasteiger partial charge in [-0.2, -0.15) is 11.3 Å². The molecule has 0 bridgehead atoms. The standard InChI is InChI=1S/C14H14OS/c1-3-14(12-7-8-16-10-12)11-5-4-6-13(9-11)15-2/h3-10H,1-2H3/b14-3-. The van der Waals surface area contributed by atoms with Gasteiger partial charge >= 0.3 is 0 Å². The van der Waals surface area contributed by atoms with Crippen LogP contribution in [-0.4, -0.2) is 7.11 Å². The van der Waals surface area contributed by atoms with E-state index < -0.39 is 0 Å². The average molecular weight is 230 g/mol. The first-order valence-electron chi connectivity index (χ1n) is 5.18. The van der Waals surface area contributed by atoms with E-state index in [4.69, 9.17) is 4.74 Å². The zero-order chi connectivity index (χ0) is 11.4. The first-order chi connectivity index (χ1) is 7.85. The van der Waals surface area contributed by atoms with E-state index in [1.165, 1.54) is 16.7 Å². The topological polar surface area (TPSA) is 9.23 Å². The van der Waals surface area contributed by atoms with Crippen LogP contribution in [-0.2, 0) is 0 Å². The molecule has 0 saturated carbocycles. The van der Waals surface area contributed by atoms with Crippen molar-refractivity contribution in [3.63, 3.8) is 0 Å². The maximum absolute atomic E-state index is 5.24. The van der Waals surface area contributed by atoms with Crippen LogP contribution in [0.5, 0.6) is 5.75 Å². The van der Waals surface area contributed by atoms with Crippen LogP contribution in [0.1, 0.15) is 18.1 Å². The van der Waals surface area contributed by atoms with Crippen molar-refractivity contribution < 1.29 is 4.74 Å². The normalized spacial score (nSPS) is 11.5. The molecule has 0 amide bonds. The third kappa shape index (κ3) is 2.17. The summed E-state index contributed by atoms with van der Waals surface area (Å²) in [5, 5.41) is 4.26. The van der Waals surface area contributed by atoms with Crippen LogP contribution >= 0.6 is 11.3 Å². The zero-order valence-corrected chi connectivity index (χ0v) is 10.3. The SMILES string of the molecule is C/C=C(\c1ccsc1)c1cccc(OC)c1. The van der Waals surface area contributed by atoms with E-state index in [2.05, 4.69) is 42.0 Å². The number of hydrogen-bond acceptors (Lipinski definition) is 2. The Labute approximate surface area is 100 Å². The van der Waals surface area contributed by atoms with Gasteiger partial charge in [0.2, 0.25) is 0 Å². The predicted octanol–water partition coefficient (Wildman–Crippen LogP) is 4.21. The molecule has 0 radical (unpaired) electrons. The van der Waals surface area contributed by atoms with E-state index in [1.807, 2.05) is 12.1 Å². The van der Waals surface area contributed by atoms with Gasteiger partial charge in [0.15, 0.2) is 0 Å². The molecule has 2 heteroatoms. The zero-order valence-electron chi connectivity index (χ0n) is 9.44. The lowest BCUT2D eigenvalue weighted by molar-refractivity contribution is 0.414. The summed E-state index contributed by atoms with van der Waals surface area (Å²) in [7, 11) is 1.69. The van der Waals surface area contributed by atoms with E-state index in [1.54, 1.807) is 18.4 Å². The van der Waals surface area contributed by atoms with Gasteiger partial charge in [-0.15, -0.1) is 0 Å². The van der Waals surface area contributed by atoms with E-state index >= 15 is 0 Å². The Kier molecular flexibility index (Phi) is 3.42. The fourth-order valence-corrected chi connectivity index (χ4v) is 2.36. The van der Waals surface area contributed by atoms with Gasteiger partial charge in [0.05, 0.1) is 7.11 Å². The molecule has 1 nitrogen and oxygen atoms in total. The smallest absolute Gasteiger partial charge is 0.119 e. The molecule has 0 N–H and O–H groups in total. The first kappa shape index (κ1) is 11.0. The molecule has 2 rings (SSSR count). The molecule has 0 aliphatic heterocycles. The minimum absolute atomic E-state index is 0.895. The fourth-order valence-electron chi connectivity index (χ4n) is 1.71. The maximum atomic E-state index is 5.24. The largest absolute Gasteiger partial charge is 0.497 e. The van der Waals surface area contributed by atoms with Crippen molar-refractivity contribution in [2.24, 2.45) is 0 Å². The van der Waals surface area contributed by atoms with Crippen molar-refractivity contribution in [1.29, 1.82) is 0 Å². The molecule has 0 atom stereocenters. The quantitative estimate of drug-likeness (QED) is 0.767. The third-order valence-electron chi connectivity index (χ3n) is 2.50. The Balaban J connectivity index is 2.42. The third-order valence-corrected chi connectivity index (χ3v) is 3.18. The number of rotatable bonds is 3. The fraction of sp³-hybridized carbons (Fsp3) is 0.143. The highest BCUT2D eigenvalue weighted by molar-refractivity contribution is 7.08. The summed E-state index contributed by atoms with van der Waals surface area (Å²) < 4.78 is 5.24. The van der Waals surface area contributed by atoms with Gasteiger partial charge in [-0.1, -0.05) is 18.2 Å². The summed E-state index contributed by atoms with van der Waals surface area (Å²) in [5.41, 5.74) is 3.71. The van der Waals surface area contributed by atoms with Crippen molar-refractivity contribution in [2.75, 3.05) is 7.11 Å². The van der Waals surface area contributed by atoms with Gasteiger partial charge in [0.25, 0.3) is 0 Å². The van der Waals surface area contributed by atoms with Crippen LogP contribution in [0.4, 0.5) is 0 Å². The van der Waals surface area contributed by atoms with Crippen molar-refractivity contribution in [2.45, 2.75) is 6.92 Å². The van der Waals surface area contributed by atoms with Crippen LogP contribution in [0.25, 0.3) is 5.57 Å². The Morgan fingerprint density at radius 2 is 2.12 bits per heavy atom. The van der Waals surface area contributed by atoms with Gasteiger partial charge in [0.1, 0.15) is 5.75 Å². The van der Waals surface area contributed by atoms with E-state index in [0.717, 1.165) is 5.75 Å². The van der Waals surface area contributed by atoms with Gasteiger partial charge in [-0.25, -0.2) is 0 Å². The van der Waals surface area contributed by atoms with Crippen molar-refractivity contribution in [3.8, 4) is 5.75 Å². The predicted molar refractivity (Wildman–Crippen MR) is 70.1 cm³/mol. The number of thiophene rings is 1. The lowest BCUT2D eigenvalue weighted by Gasteiger charge is -2.07. The van der Waals surface area contributed by atoms with Crippen molar-refractivity contribution >= 4 is 16.9 Å². The molecule has 0 fully saturated rings. The van der Waals surface area contributed by atoms with Gasteiger partial charge in [-0.3, -0.25) is 0 Å². The molecule has 0 saturated heterocycles. The Morgan fingerprint density at radius 3 is 2.75 bits per heavy atom. The minimum Gasteiger partial charge on any atom is -0.497 e. The Morgan fingerprint density at radius 1 is 1.25 bits per heavy atom. The minimum atomic E-state index is 0.895. The molecule has 0 aliphatic carbocycles. The summed E-state index contributed by atoms with van der Waals surface area (Å²) in [6.45, 7) is 2.06. The van der Waals surface area contributed by atoms with Gasteiger partial charge in [-0.05, 0) is 52.6 Å². The molecule has 82 valence electrons. The molecule has 2 aromatic rings. The molecule has 0 aliphatic rings. The second-order valence-corrected chi connectivity index (χ2v) is 4.23. The molecule has 0 spiro atoms. The number of ether oxygens (including phenoxy) is 1. The summed E-state index contributed by atoms with van der Waals surface area (Å²) in [6, 6.07) is 10.3. The number of hydrogen-bond donors (Lipinski definition) is 0. The molecular formula is C14H14OS. The average Bonchev–Trinajstić information content (AvgIpc) is 2.84. The summed E-state index contributed by atoms with van der Waals surface area (Å²) in [5.74, 6) is 0.895. The second-order valence-electron chi connectivity index (χ2n) is 3.45. The number of methoxy groups -OCH3 is 1. The van der Waals surface area contributed by atoms with E-state index in [9.17, 15) is 0 Å². The van der Waals surface area contributed by atoms with Gasteiger partial charge in [0, 0.05) is 0 Å². The van der Waals surface area contributed by atoms with Crippen molar-refractivity contribution in [1.82, 2.24) is 0 Å². The monoisotopic (exact) mass is 230 g/mol. The van der Waals surface area contributed by atoms with Crippen LogP contribution in [0.2, 0.25) is 0 Å². The van der Waals surface area contributed by atoms with Crippen molar-refractivity contribution in [3.05, 3.63) is 58.3 Å². The number of allylic oxidation sites excluding steroid dienone is 1. The first-order valence-corrected chi connectivity index (χ1v) is 6.12. The highest BCUT2D eigenvalue weighted by Crippen LogP contribution is 2.27. The van der Waals surface area contributed by atoms with Crippen LogP contribution in [0.15, 0.2) is 47.2 Å². The van der Waals surface area contributed by atoms with Crippen LogP contribution in [0, 0.1) is 0 Å². The summed E-state index contributed by atoms with van der Waals surface area (Å²) >= 11 is 1.72. The summed E-state index contributed by atoms with van der Waals surface area (Å²) in [6.07, 6.45) is 2.14. The molecule has 1 heterocycles. The molecular weight excluding hydrogens is 216 g/mol. The van der Waals surface area contributed by atoms with Gasteiger partial charge < -0.3 is 4.74 Å². The Hall–Kier alpha value is -1.54. The highest BCUT2D eigenvalue weighted by Gasteiger charge is 2.05. The maximum Gasteiger partial charge on any atom is 0.119 e. The lowest BCUT2D eigenvalue weighted by atomic mass is 10.0. The van der Waals surface area contributed by atoms with E-state index in [-0.39, 0.29) is 0 Å². The summed E-state index contributed by atoms with van der Waals surface area (Å²) in [4.78, 5) is 0. The molecule has 1 aromatic heterocycles. The second kappa shape index (κ2) is 4.99. The molecule has 16 heavy (non-hydrogen) atoms. The van der Waals surface area contributed by atoms with Crippen LogP contribution in [0.3, 0.4) is 0 Å². The lowest BCUT2D eigenvalue weighted by Crippen LogP contribution is -1.88. The Bertz CT molecular complexity index is 483. The molecule has 0 unspecified atom stereocenters. The number of benzene rings is 1. The highest BCUT2D eigenvalue weighted by atomic mass is 32.1. The molecule has 1 aromatic carbocycles.